The smallest absolute Gasteiger partial charge is 0.0488 e. The summed E-state index contributed by atoms with van der Waals surface area (Å²) in [6.45, 7) is 29.2. The van der Waals surface area contributed by atoms with Gasteiger partial charge in [-0.3, -0.25) is 0 Å². The van der Waals surface area contributed by atoms with Gasteiger partial charge in [0.1, 0.15) is 0 Å². The molecule has 0 heterocycles. The van der Waals surface area contributed by atoms with E-state index in [0.717, 1.165) is 135 Å². The van der Waals surface area contributed by atoms with E-state index in [-0.39, 0.29) is 33.5 Å². The summed E-state index contributed by atoms with van der Waals surface area (Å²) >= 11 is 0. The molecule has 690 valence electrons. The third-order valence-electron chi connectivity index (χ3n) is 32.7. The third kappa shape index (κ3) is 14.4. The zero-order valence-electron chi connectivity index (χ0n) is 83.3. The summed E-state index contributed by atoms with van der Waals surface area (Å²) in [6, 6.07) is 176. The summed E-state index contributed by atoms with van der Waals surface area (Å²) in [5.41, 5.74) is 50.8. The summed E-state index contributed by atoms with van der Waals surface area (Å²) in [4.78, 5) is 10.2. The third-order valence-corrected chi connectivity index (χ3v) is 32.7. The molecule has 0 saturated heterocycles. The van der Waals surface area contributed by atoms with E-state index in [1.807, 2.05) is 0 Å². The molecule has 4 nitrogen and oxygen atoms in total. The zero-order chi connectivity index (χ0) is 97.1. The Morgan fingerprint density at radius 3 is 0.580 bits per heavy atom. The van der Waals surface area contributed by atoms with E-state index >= 15 is 0 Å². The fourth-order valence-electron chi connectivity index (χ4n) is 25.6. The first-order valence-corrected chi connectivity index (χ1v) is 50.9. The van der Waals surface area contributed by atoms with Gasteiger partial charge >= 0.3 is 0 Å². The van der Waals surface area contributed by atoms with Crippen molar-refractivity contribution in [3.63, 3.8) is 0 Å². The quantitative estimate of drug-likeness (QED) is 0.0754. The van der Waals surface area contributed by atoms with Gasteiger partial charge in [-0.1, -0.05) is 386 Å². The highest BCUT2D eigenvalue weighted by atomic mass is 15.2. The molecule has 0 unspecified atom stereocenters. The Hall–Kier alpha value is -16.4. The lowest BCUT2D eigenvalue weighted by atomic mass is 9.62. The van der Waals surface area contributed by atoms with Gasteiger partial charge in [0, 0.05) is 95.3 Å². The monoisotopic (exact) mass is 1840 g/mol. The highest BCUT2D eigenvalue weighted by Gasteiger charge is 2.49. The second-order valence-electron chi connectivity index (χ2n) is 42.8. The minimum atomic E-state index is -0.494. The van der Waals surface area contributed by atoms with Crippen LogP contribution in [-0.4, -0.2) is 0 Å². The normalized spacial score (nSPS) is 14.3. The van der Waals surface area contributed by atoms with Crippen LogP contribution in [0, 0.1) is 11.8 Å². The maximum atomic E-state index is 2.62. The van der Waals surface area contributed by atoms with Crippen LogP contribution in [0.2, 0.25) is 0 Å². The van der Waals surface area contributed by atoms with Gasteiger partial charge in [0.05, 0.1) is 0 Å². The summed E-state index contributed by atoms with van der Waals surface area (Å²) in [5.74, 6) is 0.263. The molecule has 4 heteroatoms. The Morgan fingerprint density at radius 1 is 0.133 bits per heavy atom. The summed E-state index contributed by atoms with van der Waals surface area (Å²) < 4.78 is 0. The van der Waals surface area contributed by atoms with Crippen molar-refractivity contribution in [2.75, 3.05) is 19.6 Å². The minimum absolute atomic E-state index is 0.132. The largest absolute Gasteiger partial charge is 0.310 e. The van der Waals surface area contributed by atoms with Crippen molar-refractivity contribution < 1.29 is 0 Å². The van der Waals surface area contributed by atoms with Gasteiger partial charge in [0.2, 0.25) is 0 Å². The van der Waals surface area contributed by atoms with Gasteiger partial charge in [-0.25, -0.2) is 0 Å². The molecule has 5 aliphatic rings. The van der Waals surface area contributed by atoms with Crippen molar-refractivity contribution in [1.82, 2.24) is 0 Å². The molecule has 20 aromatic carbocycles. The van der Waals surface area contributed by atoms with Crippen LogP contribution in [0.4, 0.5) is 68.2 Å². The van der Waals surface area contributed by atoms with E-state index in [2.05, 4.69) is 564 Å². The molecule has 0 radical (unpaired) electrons. The predicted octanol–water partition coefficient (Wildman–Crippen LogP) is 38.4. The molecule has 0 aromatic heterocycles. The molecule has 0 spiro atoms. The van der Waals surface area contributed by atoms with Crippen LogP contribution in [-0.2, 0) is 27.1 Å². The number of nitrogens with zero attached hydrogens (tertiary/aromatic N) is 4. The number of fused-ring (bicyclic) bond motifs is 15. The van der Waals surface area contributed by atoms with Crippen molar-refractivity contribution in [2.45, 2.75) is 110 Å². The van der Waals surface area contributed by atoms with Gasteiger partial charge in [0.25, 0.3) is 0 Å². The average Bonchev–Trinajstić information content (AvgIpc) is 1.54. The first kappa shape index (κ1) is 88.1. The summed E-state index contributed by atoms with van der Waals surface area (Å²) in [7, 11) is 0. The first-order chi connectivity index (χ1) is 69.5. The maximum Gasteiger partial charge on any atom is 0.0488 e. The Balaban J connectivity index is 0.716. The highest BCUT2D eigenvalue weighted by molar-refractivity contribution is 5.99. The second kappa shape index (κ2) is 34.0. The van der Waals surface area contributed by atoms with E-state index < -0.39 is 5.41 Å². The van der Waals surface area contributed by atoms with Crippen molar-refractivity contribution in [3.05, 3.63) is 517 Å². The standard InChI is InChI=1S/C139H114N4/c1-89(2)139(90(3)4)133-81-95(101-77-111(140(103-47-27-17-28-48-103)105-61-67-119-115-51-31-35-55-125(115)135(5,6)129(119)85-105)83-113(79-101)142(107-63-69-121-117-53-33-37-57-127(117)137(9,10)131(121)87-107)109-73-97(91-39-19-13-20-40-91)71-98(74-109)92-41-21-14-22-42-92)59-65-123(133)124-66-60-96(82-134(124)139)102-78-112(141(104-49-29-18-30-50-104)106-62-68-120-116-52-32-36-56-126(116)136(7,8)130(120)86-106)84-114(80-102)143(108-64-70-122-118-54-34-38-58-128(118)138(11,12)132(122)88-108)110-75-99(93-43-23-15-24-44-93)72-100(76-110)94-45-25-16-26-46-94/h13-90H,1-12H3. The van der Waals surface area contributed by atoms with Gasteiger partial charge in [-0.05, 0) is 348 Å². The first-order valence-electron chi connectivity index (χ1n) is 50.9. The Labute approximate surface area is 842 Å². The van der Waals surface area contributed by atoms with Crippen molar-refractivity contribution >= 4 is 68.2 Å². The number of hydrogen-bond donors (Lipinski definition) is 0. The molecule has 0 atom stereocenters. The molecule has 0 fully saturated rings. The fourth-order valence-corrected chi connectivity index (χ4v) is 25.6. The lowest BCUT2D eigenvalue weighted by Gasteiger charge is -2.40. The number of benzene rings is 20. The van der Waals surface area contributed by atoms with E-state index in [0.29, 0.717) is 0 Å². The molecule has 0 saturated carbocycles. The average molecular weight is 1840 g/mol. The number of para-hydroxylation sites is 2. The number of anilines is 12. The van der Waals surface area contributed by atoms with E-state index in [9.17, 15) is 0 Å². The van der Waals surface area contributed by atoms with Crippen molar-refractivity contribution in [3.8, 4) is 122 Å². The van der Waals surface area contributed by atoms with E-state index in [1.54, 1.807) is 0 Å². The van der Waals surface area contributed by atoms with Crippen molar-refractivity contribution in [2.24, 2.45) is 11.8 Å². The summed E-state index contributed by atoms with van der Waals surface area (Å²) in [5, 5.41) is 0. The Morgan fingerprint density at radius 2 is 0.329 bits per heavy atom. The van der Waals surface area contributed by atoms with Gasteiger partial charge < -0.3 is 19.6 Å². The van der Waals surface area contributed by atoms with Gasteiger partial charge in [-0.15, -0.1) is 0 Å². The summed E-state index contributed by atoms with van der Waals surface area (Å²) in [6.07, 6.45) is 0. The Bertz CT molecular complexity index is 7840. The second-order valence-corrected chi connectivity index (χ2v) is 42.8. The molecule has 0 aliphatic heterocycles. The molecular weight excluding hydrogens is 1730 g/mol. The molecule has 0 bridgehead atoms. The molecule has 20 aromatic rings. The van der Waals surface area contributed by atoms with Crippen LogP contribution < -0.4 is 19.6 Å². The maximum absolute atomic E-state index is 2.62. The molecule has 25 rings (SSSR count). The van der Waals surface area contributed by atoms with E-state index in [4.69, 9.17) is 0 Å². The fraction of sp³-hybridized carbons (Fsp3) is 0.137. The van der Waals surface area contributed by atoms with Crippen LogP contribution in [0.15, 0.2) is 461 Å². The predicted molar refractivity (Wildman–Crippen MR) is 604 cm³/mol. The minimum Gasteiger partial charge on any atom is -0.310 e. The molecular formula is C139H114N4. The lowest BCUT2D eigenvalue weighted by Crippen LogP contribution is -2.37. The van der Waals surface area contributed by atoms with Crippen LogP contribution in [0.3, 0.4) is 0 Å². The molecule has 5 aliphatic carbocycles. The highest BCUT2D eigenvalue weighted by Crippen LogP contribution is 2.62. The van der Waals surface area contributed by atoms with Gasteiger partial charge in [-0.2, -0.15) is 0 Å². The SMILES string of the molecule is CC(C)C1(C(C)C)c2cc(-c3cc(N(c4ccccc4)c4ccc5c(c4)C(C)(C)c4ccccc4-5)cc(N(c4cc(-c5ccccc5)cc(-c5ccccc5)c4)c4ccc5c(c4)C(C)(C)c4ccccc4-5)c3)ccc2-c2ccc(-c3cc(N(c4ccccc4)c4ccc5c(c4)C(C)(C)c4ccccc4-5)cc(N(c4cc(-c5ccccc5)cc(-c5ccccc5)c4)c4ccc5c(c4)C(C)(C)c4ccccc4-5)c3)cc21. The van der Waals surface area contributed by atoms with Gasteiger partial charge in [0.15, 0.2) is 0 Å². The molecule has 0 amide bonds. The van der Waals surface area contributed by atoms with Crippen LogP contribution in [0.25, 0.3) is 122 Å². The molecule has 0 N–H and O–H groups in total. The van der Waals surface area contributed by atoms with Crippen LogP contribution in [0.1, 0.15) is 139 Å². The number of rotatable bonds is 20. The van der Waals surface area contributed by atoms with E-state index in [1.165, 1.54) is 111 Å². The van der Waals surface area contributed by atoms with Crippen molar-refractivity contribution in [1.29, 1.82) is 0 Å². The van der Waals surface area contributed by atoms with Crippen LogP contribution >= 0.6 is 0 Å². The lowest BCUT2D eigenvalue weighted by molar-refractivity contribution is 0.280. The zero-order valence-corrected chi connectivity index (χ0v) is 83.3. The Kier molecular flexibility index (Phi) is 20.9. The molecule has 143 heavy (non-hydrogen) atoms. The van der Waals surface area contributed by atoms with Crippen LogP contribution in [0.5, 0.6) is 0 Å². The topological polar surface area (TPSA) is 13.0 Å². The number of hydrogen-bond acceptors (Lipinski definition) is 4.